The van der Waals surface area contributed by atoms with Crippen LogP contribution >= 0.6 is 23.2 Å². The van der Waals surface area contributed by atoms with E-state index in [9.17, 15) is 8.42 Å². The summed E-state index contributed by atoms with van der Waals surface area (Å²) in [4.78, 5) is 0. The van der Waals surface area contributed by atoms with Gasteiger partial charge < -0.3 is 0 Å². The number of halogens is 2. The molecule has 0 radical (unpaired) electrons. The molecular formula is C13H19Cl2NO2S. The van der Waals surface area contributed by atoms with Crippen LogP contribution in [0.4, 0.5) is 0 Å². The standard InChI is InChI=1S/C13H19Cl2NO2S/c1-3-16(19(17,18)10-11(2)8-14)9-12-5-4-6-13(15)7-12/h4-7,11H,3,8-10H2,1-2H3. The molecule has 0 saturated carbocycles. The summed E-state index contributed by atoms with van der Waals surface area (Å²) >= 11 is 11.6. The number of sulfonamides is 1. The maximum Gasteiger partial charge on any atom is 0.214 e. The van der Waals surface area contributed by atoms with Gasteiger partial charge in [-0.25, -0.2) is 8.42 Å². The molecule has 1 aromatic carbocycles. The fraction of sp³-hybridized carbons (Fsp3) is 0.538. The molecular weight excluding hydrogens is 305 g/mol. The van der Waals surface area contributed by atoms with Crippen LogP contribution in [0.15, 0.2) is 24.3 Å². The maximum absolute atomic E-state index is 12.3. The molecule has 0 aromatic heterocycles. The van der Waals surface area contributed by atoms with Crippen LogP contribution < -0.4 is 0 Å². The van der Waals surface area contributed by atoms with E-state index in [0.717, 1.165) is 5.56 Å². The van der Waals surface area contributed by atoms with Crippen molar-refractivity contribution in [2.24, 2.45) is 5.92 Å². The van der Waals surface area contributed by atoms with Crippen molar-refractivity contribution in [3.05, 3.63) is 34.9 Å². The Morgan fingerprint density at radius 2 is 2.05 bits per heavy atom. The number of rotatable bonds is 7. The first kappa shape index (κ1) is 16.8. The van der Waals surface area contributed by atoms with Gasteiger partial charge in [-0.3, -0.25) is 0 Å². The second-order valence-corrected chi connectivity index (χ2v) is 7.35. The zero-order valence-electron chi connectivity index (χ0n) is 11.1. The molecule has 0 spiro atoms. The third-order valence-corrected chi connectivity index (χ3v) is 5.68. The summed E-state index contributed by atoms with van der Waals surface area (Å²) in [5.74, 6) is 0.360. The average Bonchev–Trinajstić information content (AvgIpc) is 2.35. The van der Waals surface area contributed by atoms with Gasteiger partial charge in [0.15, 0.2) is 0 Å². The first-order valence-electron chi connectivity index (χ1n) is 6.17. The first-order valence-corrected chi connectivity index (χ1v) is 8.69. The normalized spacial score (nSPS) is 13.7. The van der Waals surface area contributed by atoms with Crippen LogP contribution in [0.2, 0.25) is 5.02 Å². The molecule has 108 valence electrons. The molecule has 0 aliphatic rings. The van der Waals surface area contributed by atoms with Gasteiger partial charge in [-0.05, 0) is 23.6 Å². The van der Waals surface area contributed by atoms with Crippen molar-refractivity contribution < 1.29 is 8.42 Å². The van der Waals surface area contributed by atoms with E-state index in [4.69, 9.17) is 23.2 Å². The molecule has 0 aliphatic heterocycles. The molecule has 0 bridgehead atoms. The van der Waals surface area contributed by atoms with Crippen LogP contribution in [0.3, 0.4) is 0 Å². The Morgan fingerprint density at radius 3 is 2.58 bits per heavy atom. The van der Waals surface area contributed by atoms with Gasteiger partial charge in [-0.2, -0.15) is 4.31 Å². The molecule has 3 nitrogen and oxygen atoms in total. The van der Waals surface area contributed by atoms with E-state index in [0.29, 0.717) is 24.0 Å². The van der Waals surface area contributed by atoms with Gasteiger partial charge in [-0.1, -0.05) is 37.6 Å². The van der Waals surface area contributed by atoms with Crippen LogP contribution in [0.1, 0.15) is 19.4 Å². The second-order valence-electron chi connectivity index (χ2n) is 4.59. The van der Waals surface area contributed by atoms with Gasteiger partial charge in [0, 0.05) is 24.0 Å². The topological polar surface area (TPSA) is 37.4 Å². The van der Waals surface area contributed by atoms with E-state index < -0.39 is 10.0 Å². The molecule has 1 unspecified atom stereocenters. The smallest absolute Gasteiger partial charge is 0.212 e. The molecule has 0 N–H and O–H groups in total. The maximum atomic E-state index is 12.3. The average molecular weight is 324 g/mol. The zero-order chi connectivity index (χ0) is 14.5. The summed E-state index contributed by atoms with van der Waals surface area (Å²) in [7, 11) is -3.29. The summed E-state index contributed by atoms with van der Waals surface area (Å²) in [6, 6.07) is 7.24. The van der Waals surface area contributed by atoms with Crippen LogP contribution in [0.25, 0.3) is 0 Å². The lowest BCUT2D eigenvalue weighted by Crippen LogP contribution is -2.34. The van der Waals surface area contributed by atoms with Crippen molar-refractivity contribution in [3.63, 3.8) is 0 Å². The Morgan fingerprint density at radius 1 is 1.37 bits per heavy atom. The van der Waals surface area contributed by atoms with Gasteiger partial charge in [0.05, 0.1) is 5.75 Å². The fourth-order valence-corrected chi connectivity index (χ4v) is 3.99. The van der Waals surface area contributed by atoms with Crippen molar-refractivity contribution in [1.29, 1.82) is 0 Å². The highest BCUT2D eigenvalue weighted by Gasteiger charge is 2.23. The molecule has 0 aliphatic carbocycles. The Labute approximate surface area is 125 Å². The largest absolute Gasteiger partial charge is 0.214 e. The molecule has 1 atom stereocenters. The van der Waals surface area contributed by atoms with Crippen LogP contribution in [0.5, 0.6) is 0 Å². The summed E-state index contributed by atoms with van der Waals surface area (Å²) in [6.07, 6.45) is 0. The van der Waals surface area contributed by atoms with E-state index in [-0.39, 0.29) is 11.7 Å². The lowest BCUT2D eigenvalue weighted by molar-refractivity contribution is 0.419. The summed E-state index contributed by atoms with van der Waals surface area (Å²) < 4.78 is 26.0. The minimum absolute atomic E-state index is 0.0555. The predicted octanol–water partition coefficient (Wildman–Crippen LogP) is 3.37. The van der Waals surface area contributed by atoms with Gasteiger partial charge >= 0.3 is 0 Å². The predicted molar refractivity (Wildman–Crippen MR) is 81.2 cm³/mol. The van der Waals surface area contributed by atoms with E-state index in [2.05, 4.69) is 0 Å². The minimum atomic E-state index is -3.29. The lowest BCUT2D eigenvalue weighted by Gasteiger charge is -2.22. The molecule has 6 heteroatoms. The lowest BCUT2D eigenvalue weighted by atomic mass is 10.2. The van der Waals surface area contributed by atoms with Crippen molar-refractivity contribution >= 4 is 33.2 Å². The highest BCUT2D eigenvalue weighted by Crippen LogP contribution is 2.16. The van der Waals surface area contributed by atoms with Crippen LogP contribution in [0, 0.1) is 5.92 Å². The van der Waals surface area contributed by atoms with E-state index in [1.807, 2.05) is 26.0 Å². The van der Waals surface area contributed by atoms with Gasteiger partial charge in [0.2, 0.25) is 10.0 Å². The number of alkyl halides is 1. The van der Waals surface area contributed by atoms with Crippen molar-refractivity contribution in [2.45, 2.75) is 20.4 Å². The Bertz CT molecular complexity index is 505. The zero-order valence-corrected chi connectivity index (χ0v) is 13.5. The van der Waals surface area contributed by atoms with Crippen molar-refractivity contribution in [1.82, 2.24) is 4.31 Å². The quantitative estimate of drug-likeness (QED) is 0.721. The summed E-state index contributed by atoms with van der Waals surface area (Å²) in [6.45, 7) is 4.43. The molecule has 1 aromatic rings. The van der Waals surface area contributed by atoms with Gasteiger partial charge in [-0.15, -0.1) is 11.6 Å². The molecule has 1 rings (SSSR count). The van der Waals surface area contributed by atoms with Crippen LogP contribution in [-0.4, -0.2) is 30.9 Å². The molecule has 0 saturated heterocycles. The third kappa shape index (κ3) is 5.30. The number of hydrogen-bond acceptors (Lipinski definition) is 2. The number of hydrogen-bond donors (Lipinski definition) is 0. The Hall–Kier alpha value is -0.290. The molecule has 19 heavy (non-hydrogen) atoms. The van der Waals surface area contributed by atoms with Crippen molar-refractivity contribution in [2.75, 3.05) is 18.2 Å². The van der Waals surface area contributed by atoms with Crippen molar-refractivity contribution in [3.8, 4) is 0 Å². The van der Waals surface area contributed by atoms with E-state index in [1.165, 1.54) is 4.31 Å². The van der Waals surface area contributed by atoms with Gasteiger partial charge in [0.1, 0.15) is 0 Å². The number of nitrogens with zero attached hydrogens (tertiary/aromatic N) is 1. The monoisotopic (exact) mass is 323 g/mol. The minimum Gasteiger partial charge on any atom is -0.212 e. The van der Waals surface area contributed by atoms with Gasteiger partial charge in [0.25, 0.3) is 0 Å². The Balaban J connectivity index is 2.83. The first-order chi connectivity index (χ1) is 8.89. The number of benzene rings is 1. The second kappa shape index (κ2) is 7.48. The van der Waals surface area contributed by atoms with Crippen LogP contribution in [-0.2, 0) is 16.6 Å². The molecule has 0 amide bonds. The summed E-state index contributed by atoms with van der Waals surface area (Å²) in [5.41, 5.74) is 0.886. The fourth-order valence-electron chi connectivity index (χ4n) is 1.76. The summed E-state index contributed by atoms with van der Waals surface area (Å²) in [5, 5.41) is 0.611. The van der Waals surface area contributed by atoms with E-state index in [1.54, 1.807) is 12.1 Å². The Kier molecular flexibility index (Phi) is 6.60. The molecule has 0 heterocycles. The highest BCUT2D eigenvalue weighted by molar-refractivity contribution is 7.89. The van der Waals surface area contributed by atoms with E-state index >= 15 is 0 Å². The SMILES string of the molecule is CCN(Cc1cccc(Cl)c1)S(=O)(=O)CC(C)CCl. The third-order valence-electron chi connectivity index (χ3n) is 2.75. The molecule has 0 fully saturated rings. The highest BCUT2D eigenvalue weighted by atomic mass is 35.5.